The Balaban J connectivity index is 2.25. The summed E-state index contributed by atoms with van der Waals surface area (Å²) in [7, 11) is 0. The minimum Gasteiger partial charge on any atom is -0.478 e. The lowest BCUT2D eigenvalue weighted by Gasteiger charge is -2.14. The van der Waals surface area contributed by atoms with Gasteiger partial charge in [-0.05, 0) is 29.2 Å². The van der Waals surface area contributed by atoms with Crippen LogP contribution in [0.5, 0.6) is 0 Å². The summed E-state index contributed by atoms with van der Waals surface area (Å²) in [6.45, 7) is 1.89. The number of rotatable bonds is 2. The predicted octanol–water partition coefficient (Wildman–Crippen LogP) is 3.69. The Hall–Kier alpha value is -2.35. The SMILES string of the molecule is CC1=C(C(=O)O)C(c2ccccc2)c2ccccc21. The van der Waals surface area contributed by atoms with Crippen molar-refractivity contribution in [2.45, 2.75) is 12.8 Å². The Morgan fingerprint density at radius 3 is 2.32 bits per heavy atom. The Kier molecular flexibility index (Phi) is 2.71. The van der Waals surface area contributed by atoms with E-state index in [1.807, 2.05) is 61.5 Å². The first kappa shape index (κ1) is 11.7. The summed E-state index contributed by atoms with van der Waals surface area (Å²) in [5, 5.41) is 9.53. The van der Waals surface area contributed by atoms with E-state index in [4.69, 9.17) is 0 Å². The highest BCUT2D eigenvalue weighted by Crippen LogP contribution is 2.45. The molecule has 0 amide bonds. The molecule has 0 saturated carbocycles. The van der Waals surface area contributed by atoms with Crippen LogP contribution in [0.1, 0.15) is 29.5 Å². The number of carboxylic acids is 1. The highest BCUT2D eigenvalue weighted by atomic mass is 16.4. The summed E-state index contributed by atoms with van der Waals surface area (Å²) < 4.78 is 0. The van der Waals surface area contributed by atoms with Crippen molar-refractivity contribution >= 4 is 11.5 Å². The molecule has 2 heteroatoms. The topological polar surface area (TPSA) is 37.3 Å². The Morgan fingerprint density at radius 2 is 1.63 bits per heavy atom. The number of aliphatic carboxylic acids is 1. The number of hydrogen-bond donors (Lipinski definition) is 1. The lowest BCUT2D eigenvalue weighted by atomic mass is 9.88. The Labute approximate surface area is 112 Å². The second-order valence-electron chi connectivity index (χ2n) is 4.77. The van der Waals surface area contributed by atoms with Crippen molar-refractivity contribution in [1.82, 2.24) is 0 Å². The van der Waals surface area contributed by atoms with Gasteiger partial charge in [0.15, 0.2) is 0 Å². The third-order valence-corrected chi connectivity index (χ3v) is 3.73. The molecule has 2 aromatic rings. The number of carbonyl (C=O) groups is 1. The third kappa shape index (κ3) is 1.76. The van der Waals surface area contributed by atoms with E-state index in [0.29, 0.717) is 5.57 Å². The summed E-state index contributed by atoms with van der Waals surface area (Å²) in [4.78, 5) is 11.6. The molecule has 1 aliphatic rings. The molecular formula is C17H14O2. The van der Waals surface area contributed by atoms with Crippen LogP contribution in [0.25, 0.3) is 5.57 Å². The lowest BCUT2D eigenvalue weighted by molar-refractivity contribution is -0.132. The molecule has 1 aliphatic carbocycles. The molecular weight excluding hydrogens is 236 g/mol. The fourth-order valence-electron chi connectivity index (χ4n) is 2.88. The van der Waals surface area contributed by atoms with E-state index in [-0.39, 0.29) is 5.92 Å². The number of carboxylic acid groups (broad SMARTS) is 1. The first-order valence-electron chi connectivity index (χ1n) is 6.28. The summed E-state index contributed by atoms with van der Waals surface area (Å²) in [5.41, 5.74) is 4.53. The maximum absolute atomic E-state index is 11.6. The molecule has 94 valence electrons. The highest BCUT2D eigenvalue weighted by Gasteiger charge is 2.33. The maximum Gasteiger partial charge on any atom is 0.332 e. The van der Waals surface area contributed by atoms with Gasteiger partial charge >= 0.3 is 5.97 Å². The van der Waals surface area contributed by atoms with Crippen LogP contribution in [-0.2, 0) is 4.79 Å². The van der Waals surface area contributed by atoms with Gasteiger partial charge in [-0.3, -0.25) is 0 Å². The summed E-state index contributed by atoms with van der Waals surface area (Å²) in [6, 6.07) is 17.8. The van der Waals surface area contributed by atoms with Gasteiger partial charge in [-0.2, -0.15) is 0 Å². The van der Waals surface area contributed by atoms with E-state index < -0.39 is 5.97 Å². The molecule has 0 spiro atoms. The van der Waals surface area contributed by atoms with Crippen LogP contribution in [0.3, 0.4) is 0 Å². The maximum atomic E-state index is 11.6. The van der Waals surface area contributed by atoms with Crippen molar-refractivity contribution in [2.75, 3.05) is 0 Å². The molecule has 0 aliphatic heterocycles. The van der Waals surface area contributed by atoms with Crippen molar-refractivity contribution in [3.8, 4) is 0 Å². The van der Waals surface area contributed by atoms with Crippen LogP contribution in [0.15, 0.2) is 60.2 Å². The smallest absolute Gasteiger partial charge is 0.332 e. The second kappa shape index (κ2) is 4.39. The predicted molar refractivity (Wildman–Crippen MR) is 75.0 cm³/mol. The fourth-order valence-corrected chi connectivity index (χ4v) is 2.88. The molecule has 2 nitrogen and oxygen atoms in total. The summed E-state index contributed by atoms with van der Waals surface area (Å²) in [6.07, 6.45) is 0. The van der Waals surface area contributed by atoms with Gasteiger partial charge in [0.2, 0.25) is 0 Å². The van der Waals surface area contributed by atoms with Crippen molar-refractivity contribution < 1.29 is 9.90 Å². The van der Waals surface area contributed by atoms with E-state index in [1.165, 1.54) is 0 Å². The molecule has 0 heterocycles. The van der Waals surface area contributed by atoms with Crippen molar-refractivity contribution in [3.63, 3.8) is 0 Å². The molecule has 1 atom stereocenters. The molecule has 0 radical (unpaired) electrons. The molecule has 0 aromatic heterocycles. The van der Waals surface area contributed by atoms with E-state index in [1.54, 1.807) is 0 Å². The highest BCUT2D eigenvalue weighted by molar-refractivity contribution is 6.02. The van der Waals surface area contributed by atoms with Crippen molar-refractivity contribution in [1.29, 1.82) is 0 Å². The van der Waals surface area contributed by atoms with Gasteiger partial charge in [0.05, 0.1) is 5.57 Å². The van der Waals surface area contributed by atoms with E-state index in [2.05, 4.69) is 0 Å². The minimum absolute atomic E-state index is 0.158. The van der Waals surface area contributed by atoms with Crippen LogP contribution >= 0.6 is 0 Å². The molecule has 0 bridgehead atoms. The van der Waals surface area contributed by atoms with E-state index >= 15 is 0 Å². The molecule has 0 saturated heterocycles. The van der Waals surface area contributed by atoms with Crippen LogP contribution < -0.4 is 0 Å². The average molecular weight is 250 g/mol. The lowest BCUT2D eigenvalue weighted by Crippen LogP contribution is -2.09. The van der Waals surface area contributed by atoms with Gasteiger partial charge in [0.1, 0.15) is 0 Å². The standard InChI is InChI=1S/C17H14O2/c1-11-13-9-5-6-10-14(13)16(15(11)17(18)19)12-7-3-2-4-8-12/h2-10,16H,1H3,(H,18,19). The van der Waals surface area contributed by atoms with Gasteiger partial charge in [-0.25, -0.2) is 4.79 Å². The minimum atomic E-state index is -0.831. The zero-order chi connectivity index (χ0) is 13.4. The van der Waals surface area contributed by atoms with Gasteiger partial charge in [0.25, 0.3) is 0 Å². The van der Waals surface area contributed by atoms with Crippen LogP contribution in [-0.4, -0.2) is 11.1 Å². The molecule has 19 heavy (non-hydrogen) atoms. The number of benzene rings is 2. The number of allylic oxidation sites excluding steroid dienone is 1. The average Bonchev–Trinajstić information content (AvgIpc) is 2.74. The monoisotopic (exact) mass is 250 g/mol. The molecule has 3 rings (SSSR count). The number of hydrogen-bond acceptors (Lipinski definition) is 1. The van der Waals surface area contributed by atoms with E-state index in [9.17, 15) is 9.90 Å². The Bertz CT molecular complexity index is 669. The first-order chi connectivity index (χ1) is 9.20. The van der Waals surface area contributed by atoms with Crippen LogP contribution in [0, 0.1) is 0 Å². The Morgan fingerprint density at radius 1 is 1.00 bits per heavy atom. The molecule has 2 aromatic carbocycles. The van der Waals surface area contributed by atoms with Crippen molar-refractivity contribution in [3.05, 3.63) is 76.9 Å². The zero-order valence-electron chi connectivity index (χ0n) is 10.6. The molecule has 1 unspecified atom stereocenters. The van der Waals surface area contributed by atoms with Crippen LogP contribution in [0.4, 0.5) is 0 Å². The largest absolute Gasteiger partial charge is 0.478 e. The van der Waals surface area contributed by atoms with Crippen LogP contribution in [0.2, 0.25) is 0 Å². The second-order valence-corrected chi connectivity index (χ2v) is 4.77. The summed E-state index contributed by atoms with van der Waals surface area (Å²) >= 11 is 0. The normalized spacial score (nSPS) is 17.4. The van der Waals surface area contributed by atoms with Gasteiger partial charge in [0, 0.05) is 5.92 Å². The van der Waals surface area contributed by atoms with E-state index in [0.717, 1.165) is 22.3 Å². The zero-order valence-corrected chi connectivity index (χ0v) is 10.6. The van der Waals surface area contributed by atoms with Crippen molar-refractivity contribution in [2.24, 2.45) is 0 Å². The third-order valence-electron chi connectivity index (χ3n) is 3.73. The number of fused-ring (bicyclic) bond motifs is 1. The fraction of sp³-hybridized carbons (Fsp3) is 0.118. The van der Waals surface area contributed by atoms with Gasteiger partial charge < -0.3 is 5.11 Å². The van der Waals surface area contributed by atoms with Gasteiger partial charge in [-0.1, -0.05) is 54.6 Å². The first-order valence-corrected chi connectivity index (χ1v) is 6.28. The quantitative estimate of drug-likeness (QED) is 0.882. The summed E-state index contributed by atoms with van der Waals surface area (Å²) in [5.74, 6) is -0.988. The molecule has 0 fully saturated rings. The molecule has 1 N–H and O–H groups in total. The van der Waals surface area contributed by atoms with Gasteiger partial charge in [-0.15, -0.1) is 0 Å².